The largest absolute Gasteiger partial charge is 0.399 e. The van der Waals surface area contributed by atoms with Gasteiger partial charge in [-0.2, -0.15) is 5.26 Å². The molecule has 1 aromatic carbocycles. The first-order valence-electron chi connectivity index (χ1n) is 4.29. The molecule has 4 nitrogen and oxygen atoms in total. The van der Waals surface area contributed by atoms with Gasteiger partial charge in [-0.25, -0.2) is 0 Å². The molecule has 0 radical (unpaired) electrons. The van der Waals surface area contributed by atoms with Crippen LogP contribution in [0.2, 0.25) is 0 Å². The molecule has 0 fully saturated rings. The van der Waals surface area contributed by atoms with Crippen LogP contribution < -0.4 is 11.5 Å². The minimum Gasteiger partial charge on any atom is -0.399 e. The quantitative estimate of drug-likeness (QED) is 0.594. The lowest BCUT2D eigenvalue weighted by atomic mass is 9.98. The van der Waals surface area contributed by atoms with E-state index in [9.17, 15) is 5.11 Å². The molecule has 4 heteroatoms. The highest BCUT2D eigenvalue weighted by molar-refractivity contribution is 5.50. The first-order valence-corrected chi connectivity index (χ1v) is 4.29. The maximum absolute atomic E-state index is 9.30. The number of hydrogen-bond donors (Lipinski definition) is 3. The Morgan fingerprint density at radius 2 is 2.14 bits per heavy atom. The lowest BCUT2D eigenvalue weighted by Gasteiger charge is -2.16. The molecule has 0 bridgehead atoms. The summed E-state index contributed by atoms with van der Waals surface area (Å²) in [7, 11) is 0. The van der Waals surface area contributed by atoms with Crippen LogP contribution in [0.15, 0.2) is 18.2 Å². The number of nitriles is 1. The smallest absolute Gasteiger partial charge is 0.0995 e. The van der Waals surface area contributed by atoms with Gasteiger partial charge in [0, 0.05) is 5.69 Å². The van der Waals surface area contributed by atoms with Crippen molar-refractivity contribution < 1.29 is 5.11 Å². The van der Waals surface area contributed by atoms with Crippen LogP contribution >= 0.6 is 0 Å². The molecule has 0 saturated carbocycles. The lowest BCUT2D eigenvalue weighted by Crippen LogP contribution is -2.24. The van der Waals surface area contributed by atoms with E-state index < -0.39 is 12.1 Å². The molecule has 0 amide bonds. The number of benzene rings is 1. The average molecular weight is 191 g/mol. The zero-order valence-corrected chi connectivity index (χ0v) is 7.94. The number of aliphatic hydroxyl groups is 1. The summed E-state index contributed by atoms with van der Waals surface area (Å²) in [5.74, 6) is 0. The summed E-state index contributed by atoms with van der Waals surface area (Å²) >= 11 is 0. The van der Waals surface area contributed by atoms with Crippen LogP contribution in [0.3, 0.4) is 0 Å². The molecule has 2 atom stereocenters. The molecule has 0 aromatic heterocycles. The van der Waals surface area contributed by atoms with Gasteiger partial charge in [0.2, 0.25) is 0 Å². The fourth-order valence-corrected chi connectivity index (χ4v) is 1.22. The second-order valence-electron chi connectivity index (χ2n) is 3.22. The van der Waals surface area contributed by atoms with Crippen LogP contribution in [0.25, 0.3) is 0 Å². The van der Waals surface area contributed by atoms with Gasteiger partial charge in [-0.3, -0.25) is 0 Å². The van der Waals surface area contributed by atoms with Gasteiger partial charge in [0.05, 0.1) is 23.8 Å². The highest BCUT2D eigenvalue weighted by atomic mass is 16.3. The molecule has 14 heavy (non-hydrogen) atoms. The van der Waals surface area contributed by atoms with Crippen molar-refractivity contribution in [3.05, 3.63) is 29.3 Å². The van der Waals surface area contributed by atoms with E-state index >= 15 is 0 Å². The maximum Gasteiger partial charge on any atom is 0.0995 e. The predicted octanol–water partition coefficient (Wildman–Crippen LogP) is 0.521. The molecule has 0 saturated heterocycles. The second-order valence-corrected chi connectivity index (χ2v) is 3.22. The van der Waals surface area contributed by atoms with Crippen molar-refractivity contribution in [1.82, 2.24) is 0 Å². The molecule has 0 unspecified atom stereocenters. The third-order valence-electron chi connectivity index (χ3n) is 2.08. The Morgan fingerprint density at radius 3 is 2.64 bits per heavy atom. The van der Waals surface area contributed by atoms with Crippen molar-refractivity contribution >= 4 is 5.69 Å². The van der Waals surface area contributed by atoms with Crippen LogP contribution in [0.1, 0.15) is 24.1 Å². The van der Waals surface area contributed by atoms with Gasteiger partial charge in [-0.05, 0) is 24.6 Å². The lowest BCUT2D eigenvalue weighted by molar-refractivity contribution is 0.164. The van der Waals surface area contributed by atoms with Crippen LogP contribution in [-0.4, -0.2) is 11.2 Å². The van der Waals surface area contributed by atoms with Crippen molar-refractivity contribution in [2.75, 3.05) is 5.73 Å². The fourth-order valence-electron chi connectivity index (χ4n) is 1.22. The normalized spacial score (nSPS) is 14.4. The van der Waals surface area contributed by atoms with Crippen LogP contribution in [0.4, 0.5) is 5.69 Å². The molecular formula is C10H13N3O. The molecule has 1 rings (SSSR count). The van der Waals surface area contributed by atoms with Gasteiger partial charge in [0.1, 0.15) is 0 Å². The Morgan fingerprint density at radius 1 is 1.50 bits per heavy atom. The maximum atomic E-state index is 9.30. The monoisotopic (exact) mass is 191 g/mol. The average Bonchev–Trinajstić information content (AvgIpc) is 2.16. The molecule has 0 aliphatic heterocycles. The van der Waals surface area contributed by atoms with E-state index in [2.05, 4.69) is 0 Å². The SMILES string of the molecule is C[C@@H](O)[C@H](N)c1ccc(N)cc1C#N. The van der Waals surface area contributed by atoms with Gasteiger partial charge in [-0.15, -0.1) is 0 Å². The summed E-state index contributed by atoms with van der Waals surface area (Å²) in [6, 6.07) is 6.34. The third kappa shape index (κ3) is 2.02. The van der Waals surface area contributed by atoms with E-state index in [-0.39, 0.29) is 0 Å². The third-order valence-corrected chi connectivity index (χ3v) is 2.08. The molecule has 1 aromatic rings. The number of hydrogen-bond acceptors (Lipinski definition) is 4. The minimum absolute atomic E-state index is 0.415. The number of nitrogens with two attached hydrogens (primary N) is 2. The van der Waals surface area contributed by atoms with E-state index in [0.29, 0.717) is 16.8 Å². The molecule has 74 valence electrons. The molecule has 0 aliphatic carbocycles. The standard InChI is InChI=1S/C10H13N3O/c1-6(14)10(13)9-3-2-8(12)4-7(9)5-11/h2-4,6,10,14H,12-13H2,1H3/t6-,10+/m1/s1. The van der Waals surface area contributed by atoms with Crippen molar-refractivity contribution in [3.63, 3.8) is 0 Å². The summed E-state index contributed by atoms with van der Waals surface area (Å²) in [5, 5.41) is 18.1. The van der Waals surface area contributed by atoms with E-state index in [1.165, 1.54) is 0 Å². The summed E-state index contributed by atoms with van der Waals surface area (Å²) in [5.41, 5.74) is 12.8. The van der Waals surface area contributed by atoms with Crippen molar-refractivity contribution in [2.45, 2.75) is 19.1 Å². The molecular weight excluding hydrogens is 178 g/mol. The Kier molecular flexibility index (Phi) is 3.07. The van der Waals surface area contributed by atoms with E-state index in [1.807, 2.05) is 6.07 Å². The zero-order chi connectivity index (χ0) is 10.7. The first kappa shape index (κ1) is 10.5. The summed E-state index contributed by atoms with van der Waals surface area (Å²) in [6.07, 6.45) is -0.689. The summed E-state index contributed by atoms with van der Waals surface area (Å²) in [6.45, 7) is 1.59. The predicted molar refractivity (Wildman–Crippen MR) is 54.2 cm³/mol. The van der Waals surface area contributed by atoms with Crippen LogP contribution in [0.5, 0.6) is 0 Å². The number of anilines is 1. The van der Waals surface area contributed by atoms with Gasteiger partial charge < -0.3 is 16.6 Å². The number of nitrogen functional groups attached to an aromatic ring is 1. The highest BCUT2D eigenvalue weighted by Gasteiger charge is 2.15. The molecule has 0 aliphatic rings. The molecule has 0 heterocycles. The number of aliphatic hydroxyl groups excluding tert-OH is 1. The summed E-state index contributed by atoms with van der Waals surface area (Å²) in [4.78, 5) is 0. The van der Waals surface area contributed by atoms with E-state index in [0.717, 1.165) is 0 Å². The topological polar surface area (TPSA) is 96.1 Å². The van der Waals surface area contributed by atoms with Crippen LogP contribution in [0, 0.1) is 11.3 Å². The Hall–Kier alpha value is -1.57. The molecule has 5 N–H and O–H groups in total. The van der Waals surface area contributed by atoms with Gasteiger partial charge in [0.15, 0.2) is 0 Å². The van der Waals surface area contributed by atoms with Crippen molar-refractivity contribution in [3.8, 4) is 6.07 Å². The van der Waals surface area contributed by atoms with Crippen LogP contribution in [-0.2, 0) is 0 Å². The second kappa shape index (κ2) is 4.09. The van der Waals surface area contributed by atoms with Gasteiger partial charge in [0.25, 0.3) is 0 Å². The Bertz CT molecular complexity index is 368. The Labute approximate surface area is 82.8 Å². The minimum atomic E-state index is -0.689. The first-order chi connectivity index (χ1) is 6.56. The molecule has 0 spiro atoms. The van der Waals surface area contributed by atoms with Crippen molar-refractivity contribution in [2.24, 2.45) is 5.73 Å². The van der Waals surface area contributed by atoms with E-state index in [4.69, 9.17) is 16.7 Å². The fraction of sp³-hybridized carbons (Fsp3) is 0.300. The Balaban J connectivity index is 3.16. The van der Waals surface area contributed by atoms with E-state index in [1.54, 1.807) is 25.1 Å². The van der Waals surface area contributed by atoms with Crippen molar-refractivity contribution in [1.29, 1.82) is 5.26 Å². The zero-order valence-electron chi connectivity index (χ0n) is 7.94. The summed E-state index contributed by atoms with van der Waals surface area (Å²) < 4.78 is 0. The van der Waals surface area contributed by atoms with Gasteiger partial charge in [-0.1, -0.05) is 6.07 Å². The highest BCUT2D eigenvalue weighted by Crippen LogP contribution is 2.20. The number of rotatable bonds is 2. The van der Waals surface area contributed by atoms with Gasteiger partial charge >= 0.3 is 0 Å². The number of nitrogens with zero attached hydrogens (tertiary/aromatic N) is 1.